The first-order chi connectivity index (χ1) is 9.01. The van der Waals surface area contributed by atoms with Crippen LogP contribution >= 0.6 is 11.6 Å². The smallest absolute Gasteiger partial charge is 0.406 e. The van der Waals surface area contributed by atoms with Crippen molar-refractivity contribution < 1.29 is 22.6 Å². The lowest BCUT2D eigenvalue weighted by molar-refractivity contribution is -0.274. The van der Waals surface area contributed by atoms with Crippen LogP contribution in [0.4, 0.5) is 13.2 Å². The van der Waals surface area contributed by atoms with Crippen molar-refractivity contribution in [2.45, 2.75) is 12.9 Å². The molecule has 0 fully saturated rings. The predicted octanol–water partition coefficient (Wildman–Crippen LogP) is 2.93. The molecule has 1 aromatic rings. The van der Waals surface area contributed by atoms with E-state index < -0.39 is 6.36 Å². The minimum Gasteiger partial charge on any atom is -0.406 e. The van der Waals surface area contributed by atoms with E-state index in [0.29, 0.717) is 32.2 Å². The van der Waals surface area contributed by atoms with E-state index >= 15 is 0 Å². The van der Waals surface area contributed by atoms with Gasteiger partial charge >= 0.3 is 6.36 Å². The topological polar surface area (TPSA) is 30.5 Å². The molecule has 108 valence electrons. The summed E-state index contributed by atoms with van der Waals surface area (Å²) in [5.41, 5.74) is 0.867. The number of ether oxygens (including phenoxy) is 2. The molecule has 19 heavy (non-hydrogen) atoms. The Balaban J connectivity index is 2.25. The van der Waals surface area contributed by atoms with Crippen LogP contribution in [-0.2, 0) is 11.3 Å². The summed E-state index contributed by atoms with van der Waals surface area (Å²) in [5, 5.41) is 3.10. The Bertz CT molecular complexity index is 357. The van der Waals surface area contributed by atoms with E-state index in [4.69, 9.17) is 16.3 Å². The molecule has 0 saturated heterocycles. The minimum absolute atomic E-state index is 0.221. The molecule has 0 bridgehead atoms. The van der Waals surface area contributed by atoms with Crippen LogP contribution in [0.15, 0.2) is 24.3 Å². The third-order valence-electron chi connectivity index (χ3n) is 2.13. The molecule has 1 N–H and O–H groups in total. The standard InChI is InChI=1S/C12H15ClF3NO2/c13-5-7-18-8-6-17-9-10-1-3-11(4-2-10)19-12(14,15)16/h1-4,17H,5-9H2. The molecule has 0 spiro atoms. The molecule has 0 heterocycles. The molecule has 0 unspecified atom stereocenters. The summed E-state index contributed by atoms with van der Waals surface area (Å²) < 4.78 is 44.7. The lowest BCUT2D eigenvalue weighted by Gasteiger charge is -2.09. The van der Waals surface area contributed by atoms with Crippen LogP contribution in [0.5, 0.6) is 5.75 Å². The number of alkyl halides is 4. The summed E-state index contributed by atoms with van der Waals surface area (Å²) in [4.78, 5) is 0. The van der Waals surface area contributed by atoms with Gasteiger partial charge in [0.15, 0.2) is 0 Å². The van der Waals surface area contributed by atoms with Crippen LogP contribution in [0.25, 0.3) is 0 Å². The highest BCUT2D eigenvalue weighted by molar-refractivity contribution is 6.17. The monoisotopic (exact) mass is 297 g/mol. The molecule has 0 amide bonds. The molecule has 0 aliphatic carbocycles. The fraction of sp³-hybridized carbons (Fsp3) is 0.500. The van der Waals surface area contributed by atoms with Gasteiger partial charge in [0.2, 0.25) is 0 Å². The van der Waals surface area contributed by atoms with Crippen molar-refractivity contribution in [2.75, 3.05) is 25.6 Å². The third kappa shape index (κ3) is 7.92. The van der Waals surface area contributed by atoms with Gasteiger partial charge in [0, 0.05) is 19.0 Å². The Labute approximate surface area is 114 Å². The van der Waals surface area contributed by atoms with Crippen molar-refractivity contribution in [2.24, 2.45) is 0 Å². The molecule has 7 heteroatoms. The van der Waals surface area contributed by atoms with Crippen molar-refractivity contribution in [1.29, 1.82) is 0 Å². The van der Waals surface area contributed by atoms with E-state index in [1.807, 2.05) is 0 Å². The zero-order chi connectivity index (χ0) is 14.1. The van der Waals surface area contributed by atoms with Gasteiger partial charge in [-0.15, -0.1) is 24.8 Å². The molecule has 0 radical (unpaired) electrons. The Morgan fingerprint density at radius 3 is 2.37 bits per heavy atom. The molecule has 0 saturated carbocycles. The first-order valence-corrected chi connectivity index (χ1v) is 6.24. The first kappa shape index (κ1) is 16.1. The van der Waals surface area contributed by atoms with Crippen LogP contribution in [0.3, 0.4) is 0 Å². The maximum atomic E-state index is 11.9. The Hall–Kier alpha value is -0.980. The van der Waals surface area contributed by atoms with Gasteiger partial charge in [-0.3, -0.25) is 0 Å². The predicted molar refractivity (Wildman–Crippen MR) is 66.4 cm³/mol. The van der Waals surface area contributed by atoms with E-state index in [1.54, 1.807) is 12.1 Å². The first-order valence-electron chi connectivity index (χ1n) is 5.70. The van der Waals surface area contributed by atoms with Gasteiger partial charge in [-0.1, -0.05) is 12.1 Å². The van der Waals surface area contributed by atoms with Gasteiger partial charge in [-0.05, 0) is 17.7 Å². The van der Waals surface area contributed by atoms with Crippen molar-refractivity contribution in [3.8, 4) is 5.75 Å². The van der Waals surface area contributed by atoms with Crippen molar-refractivity contribution in [3.05, 3.63) is 29.8 Å². The third-order valence-corrected chi connectivity index (χ3v) is 2.29. The Morgan fingerprint density at radius 1 is 1.11 bits per heavy atom. The van der Waals surface area contributed by atoms with Gasteiger partial charge in [-0.2, -0.15) is 0 Å². The zero-order valence-electron chi connectivity index (χ0n) is 10.2. The van der Waals surface area contributed by atoms with Gasteiger partial charge in [0.1, 0.15) is 5.75 Å². The van der Waals surface area contributed by atoms with Gasteiger partial charge in [0.05, 0.1) is 13.2 Å². The fourth-order valence-electron chi connectivity index (χ4n) is 1.34. The lowest BCUT2D eigenvalue weighted by Crippen LogP contribution is -2.20. The second-order valence-corrected chi connectivity index (χ2v) is 4.05. The van der Waals surface area contributed by atoms with Crippen LogP contribution in [0, 0.1) is 0 Å². The molecule has 1 aromatic carbocycles. The lowest BCUT2D eigenvalue weighted by atomic mass is 10.2. The maximum Gasteiger partial charge on any atom is 0.573 e. The molecule has 0 aliphatic rings. The average molecular weight is 298 g/mol. The summed E-state index contributed by atoms with van der Waals surface area (Å²) in [6.07, 6.45) is -4.65. The van der Waals surface area contributed by atoms with Crippen molar-refractivity contribution >= 4 is 11.6 Å². The van der Waals surface area contributed by atoms with Crippen LogP contribution in [0.2, 0.25) is 0 Å². The Morgan fingerprint density at radius 2 is 1.79 bits per heavy atom. The zero-order valence-corrected chi connectivity index (χ0v) is 10.9. The molecule has 0 atom stereocenters. The number of rotatable bonds is 8. The van der Waals surface area contributed by atoms with E-state index in [9.17, 15) is 13.2 Å². The molecule has 3 nitrogen and oxygen atoms in total. The second-order valence-electron chi connectivity index (χ2n) is 3.67. The van der Waals surface area contributed by atoms with Crippen LogP contribution < -0.4 is 10.1 Å². The number of benzene rings is 1. The number of hydrogen-bond acceptors (Lipinski definition) is 3. The van der Waals surface area contributed by atoms with Crippen LogP contribution in [0.1, 0.15) is 5.56 Å². The summed E-state index contributed by atoms with van der Waals surface area (Å²) in [7, 11) is 0. The molecule has 0 aromatic heterocycles. The van der Waals surface area contributed by atoms with Gasteiger partial charge in [0.25, 0.3) is 0 Å². The Kier molecular flexibility index (Phi) is 6.97. The summed E-state index contributed by atoms with van der Waals surface area (Å²) >= 11 is 5.43. The quantitative estimate of drug-likeness (QED) is 0.591. The SMILES string of the molecule is FC(F)(F)Oc1ccc(CNCCOCCCl)cc1. The van der Waals surface area contributed by atoms with E-state index in [0.717, 1.165) is 5.56 Å². The molecular weight excluding hydrogens is 283 g/mol. The normalized spacial score (nSPS) is 11.6. The molecular formula is C12H15ClF3NO2. The van der Waals surface area contributed by atoms with Crippen molar-refractivity contribution in [3.63, 3.8) is 0 Å². The highest BCUT2D eigenvalue weighted by Gasteiger charge is 2.30. The number of nitrogens with one attached hydrogen (secondary N) is 1. The molecule has 1 rings (SSSR count). The second kappa shape index (κ2) is 8.24. The summed E-state index contributed by atoms with van der Waals surface area (Å²) in [6, 6.07) is 5.73. The summed E-state index contributed by atoms with van der Waals surface area (Å²) in [5.74, 6) is 0.238. The number of halogens is 4. The highest BCUT2D eigenvalue weighted by Crippen LogP contribution is 2.22. The van der Waals surface area contributed by atoms with E-state index in [2.05, 4.69) is 10.1 Å². The minimum atomic E-state index is -4.65. The largest absolute Gasteiger partial charge is 0.573 e. The van der Waals surface area contributed by atoms with E-state index in [1.165, 1.54) is 12.1 Å². The fourth-order valence-corrected chi connectivity index (χ4v) is 1.45. The number of hydrogen-bond donors (Lipinski definition) is 1. The maximum absolute atomic E-state index is 11.9. The molecule has 0 aliphatic heterocycles. The van der Waals surface area contributed by atoms with Gasteiger partial charge < -0.3 is 14.8 Å². The van der Waals surface area contributed by atoms with Crippen LogP contribution in [-0.4, -0.2) is 32.0 Å². The highest BCUT2D eigenvalue weighted by atomic mass is 35.5. The average Bonchev–Trinajstić information content (AvgIpc) is 2.34. The van der Waals surface area contributed by atoms with Crippen molar-refractivity contribution in [1.82, 2.24) is 5.32 Å². The van der Waals surface area contributed by atoms with E-state index in [-0.39, 0.29) is 5.75 Å². The summed E-state index contributed by atoms with van der Waals surface area (Å²) in [6.45, 7) is 2.25. The van der Waals surface area contributed by atoms with Gasteiger partial charge in [-0.25, -0.2) is 0 Å².